The largest absolute Gasteiger partial charge is 0.480 e. The van der Waals surface area contributed by atoms with Crippen LogP contribution < -0.4 is 5.32 Å². The molecule has 0 aromatic rings. The highest BCUT2D eigenvalue weighted by Gasteiger charge is 2.32. The van der Waals surface area contributed by atoms with Gasteiger partial charge in [-0.2, -0.15) is 0 Å². The normalized spacial score (nSPS) is 23.3. The molecule has 1 amide bonds. The zero-order valence-electron chi connectivity index (χ0n) is 8.66. The van der Waals surface area contributed by atoms with E-state index in [0.29, 0.717) is 19.3 Å². The number of carboxylic acids is 1. The van der Waals surface area contributed by atoms with Gasteiger partial charge in [-0.3, -0.25) is 9.59 Å². The monoisotopic (exact) mass is 213 g/mol. The lowest BCUT2D eigenvalue weighted by molar-refractivity contribution is -0.144. The van der Waals surface area contributed by atoms with Crippen LogP contribution in [-0.2, 0) is 14.4 Å². The van der Waals surface area contributed by atoms with Crippen LogP contribution in [0.5, 0.6) is 0 Å². The van der Waals surface area contributed by atoms with Crippen molar-refractivity contribution in [3.05, 3.63) is 0 Å². The van der Waals surface area contributed by atoms with Crippen LogP contribution in [0.1, 0.15) is 32.6 Å². The van der Waals surface area contributed by atoms with E-state index in [1.807, 2.05) is 0 Å². The van der Waals surface area contributed by atoms with Crippen LogP contribution in [0.4, 0.5) is 0 Å². The molecule has 2 unspecified atom stereocenters. The van der Waals surface area contributed by atoms with Gasteiger partial charge in [-0.05, 0) is 18.8 Å². The van der Waals surface area contributed by atoms with Crippen molar-refractivity contribution in [2.75, 3.05) is 0 Å². The molecular weight excluding hydrogens is 198 g/mol. The first-order valence-corrected chi connectivity index (χ1v) is 5.02. The van der Waals surface area contributed by atoms with Crippen LogP contribution in [0.3, 0.4) is 0 Å². The molecule has 0 aliphatic heterocycles. The molecule has 0 bridgehead atoms. The van der Waals surface area contributed by atoms with Crippen molar-refractivity contribution in [1.82, 2.24) is 5.32 Å². The number of amides is 1. The van der Waals surface area contributed by atoms with Crippen molar-refractivity contribution in [2.45, 2.75) is 38.6 Å². The molecule has 1 fully saturated rings. The van der Waals surface area contributed by atoms with Crippen molar-refractivity contribution in [3.63, 3.8) is 0 Å². The van der Waals surface area contributed by atoms with Gasteiger partial charge in [0.25, 0.3) is 0 Å². The Morgan fingerprint density at radius 2 is 2.20 bits per heavy atom. The smallest absolute Gasteiger partial charge is 0.326 e. The molecule has 2 N–H and O–H groups in total. The van der Waals surface area contributed by atoms with E-state index >= 15 is 0 Å². The highest BCUT2D eigenvalue weighted by Crippen LogP contribution is 2.24. The third kappa shape index (κ3) is 3.34. The van der Waals surface area contributed by atoms with E-state index in [4.69, 9.17) is 5.11 Å². The van der Waals surface area contributed by atoms with Crippen LogP contribution in [0.15, 0.2) is 0 Å². The highest BCUT2D eigenvalue weighted by molar-refractivity contribution is 5.84. The number of hydrogen-bond donors (Lipinski definition) is 2. The zero-order chi connectivity index (χ0) is 11.4. The van der Waals surface area contributed by atoms with Gasteiger partial charge in [-0.25, -0.2) is 4.79 Å². The van der Waals surface area contributed by atoms with Gasteiger partial charge in [0.1, 0.15) is 11.8 Å². The first kappa shape index (κ1) is 11.7. The van der Waals surface area contributed by atoms with Gasteiger partial charge in [-0.15, -0.1) is 0 Å². The molecule has 15 heavy (non-hydrogen) atoms. The van der Waals surface area contributed by atoms with Crippen LogP contribution in [0.25, 0.3) is 0 Å². The zero-order valence-corrected chi connectivity index (χ0v) is 8.66. The number of ketones is 1. The second-order valence-corrected chi connectivity index (χ2v) is 3.91. The van der Waals surface area contributed by atoms with Gasteiger partial charge in [0.05, 0.1) is 0 Å². The number of carbonyl (C=O) groups excluding carboxylic acids is 2. The molecule has 0 aromatic carbocycles. The quantitative estimate of drug-likeness (QED) is 0.707. The van der Waals surface area contributed by atoms with E-state index in [1.54, 1.807) is 0 Å². The molecule has 2 atom stereocenters. The Bertz CT molecular complexity index is 287. The summed E-state index contributed by atoms with van der Waals surface area (Å²) in [5.74, 6) is -1.61. The third-order valence-corrected chi connectivity index (χ3v) is 2.62. The van der Waals surface area contributed by atoms with Crippen LogP contribution >= 0.6 is 0 Å². The second kappa shape index (κ2) is 4.91. The molecule has 0 spiro atoms. The number of Topliss-reactive ketones (excluding diaryl/α,β-unsaturated/α-hetero) is 1. The fraction of sp³-hybridized carbons (Fsp3) is 0.700. The van der Waals surface area contributed by atoms with Gasteiger partial charge >= 0.3 is 5.97 Å². The Kier molecular flexibility index (Phi) is 3.82. The summed E-state index contributed by atoms with van der Waals surface area (Å²) in [4.78, 5) is 32.9. The van der Waals surface area contributed by atoms with Gasteiger partial charge in [0, 0.05) is 19.8 Å². The molecule has 0 saturated heterocycles. The van der Waals surface area contributed by atoms with E-state index in [2.05, 4.69) is 5.32 Å². The van der Waals surface area contributed by atoms with E-state index in [9.17, 15) is 14.4 Å². The summed E-state index contributed by atoms with van der Waals surface area (Å²) in [5.41, 5.74) is 0. The maximum Gasteiger partial charge on any atom is 0.326 e. The third-order valence-electron chi connectivity index (χ3n) is 2.62. The lowest BCUT2D eigenvalue weighted by Crippen LogP contribution is -2.46. The average molecular weight is 213 g/mol. The Morgan fingerprint density at radius 1 is 1.53 bits per heavy atom. The Balaban J connectivity index is 2.66. The molecule has 1 saturated carbocycles. The van der Waals surface area contributed by atoms with Crippen LogP contribution in [-0.4, -0.2) is 28.8 Å². The topological polar surface area (TPSA) is 83.5 Å². The minimum Gasteiger partial charge on any atom is -0.480 e. The molecular formula is C10H15NO4. The molecule has 0 radical (unpaired) electrons. The predicted molar refractivity (Wildman–Crippen MR) is 52.2 cm³/mol. The van der Waals surface area contributed by atoms with Crippen molar-refractivity contribution in [3.8, 4) is 0 Å². The fourth-order valence-electron chi connectivity index (χ4n) is 1.94. The van der Waals surface area contributed by atoms with Crippen molar-refractivity contribution in [1.29, 1.82) is 0 Å². The predicted octanol–water partition coefficient (Wildman–Crippen LogP) is 0.335. The molecule has 1 aliphatic rings. The minimum absolute atomic E-state index is 0.0860. The van der Waals surface area contributed by atoms with Gasteiger partial charge < -0.3 is 10.4 Å². The summed E-state index contributed by atoms with van der Waals surface area (Å²) >= 11 is 0. The van der Waals surface area contributed by atoms with Crippen molar-refractivity contribution in [2.24, 2.45) is 5.92 Å². The van der Waals surface area contributed by atoms with Gasteiger partial charge in [0.15, 0.2) is 0 Å². The SMILES string of the molecule is CC(=O)NC(C(=O)O)C1CCCC(=O)C1. The highest BCUT2D eigenvalue weighted by atomic mass is 16.4. The number of rotatable bonds is 3. The molecule has 1 aliphatic carbocycles. The van der Waals surface area contributed by atoms with E-state index in [1.165, 1.54) is 6.92 Å². The number of carboxylic acid groups (broad SMARTS) is 1. The summed E-state index contributed by atoms with van der Waals surface area (Å²) in [7, 11) is 0. The Morgan fingerprint density at radius 3 is 2.67 bits per heavy atom. The van der Waals surface area contributed by atoms with Crippen molar-refractivity contribution < 1.29 is 19.5 Å². The van der Waals surface area contributed by atoms with E-state index < -0.39 is 12.0 Å². The molecule has 84 valence electrons. The summed E-state index contributed by atoms with van der Waals surface area (Å²) < 4.78 is 0. The Hall–Kier alpha value is -1.39. The van der Waals surface area contributed by atoms with E-state index in [0.717, 1.165) is 0 Å². The first-order valence-electron chi connectivity index (χ1n) is 5.02. The summed E-state index contributed by atoms with van der Waals surface area (Å²) in [6, 6.07) is -0.924. The maximum absolute atomic E-state index is 11.2. The fourth-order valence-corrected chi connectivity index (χ4v) is 1.94. The van der Waals surface area contributed by atoms with Crippen LogP contribution in [0, 0.1) is 5.92 Å². The van der Waals surface area contributed by atoms with Crippen molar-refractivity contribution >= 4 is 17.7 Å². The number of carbonyl (C=O) groups is 3. The summed E-state index contributed by atoms with van der Waals surface area (Å²) in [5, 5.41) is 11.3. The molecule has 0 heterocycles. The molecule has 0 aromatic heterocycles. The summed E-state index contributed by atoms with van der Waals surface area (Å²) in [6.45, 7) is 1.28. The minimum atomic E-state index is -1.06. The molecule has 5 heteroatoms. The van der Waals surface area contributed by atoms with Crippen LogP contribution in [0.2, 0.25) is 0 Å². The van der Waals surface area contributed by atoms with E-state index in [-0.39, 0.29) is 24.0 Å². The molecule has 1 rings (SSSR count). The summed E-state index contributed by atoms with van der Waals surface area (Å²) in [6.07, 6.45) is 2.19. The lowest BCUT2D eigenvalue weighted by atomic mass is 9.83. The van der Waals surface area contributed by atoms with Gasteiger partial charge in [0.2, 0.25) is 5.91 Å². The first-order chi connectivity index (χ1) is 7.00. The number of aliphatic carboxylic acids is 1. The molecule has 5 nitrogen and oxygen atoms in total. The van der Waals surface area contributed by atoms with Gasteiger partial charge in [-0.1, -0.05) is 0 Å². The number of hydrogen-bond acceptors (Lipinski definition) is 3. The number of nitrogens with one attached hydrogen (secondary N) is 1. The average Bonchev–Trinajstić information content (AvgIpc) is 2.13. The Labute approximate surface area is 87.8 Å². The maximum atomic E-state index is 11.2. The second-order valence-electron chi connectivity index (χ2n) is 3.91. The lowest BCUT2D eigenvalue weighted by Gasteiger charge is -2.26. The standard InChI is InChI=1S/C10H15NO4/c1-6(12)11-9(10(14)15)7-3-2-4-8(13)5-7/h7,9H,2-5H2,1H3,(H,11,12)(H,14,15).